The van der Waals surface area contributed by atoms with Gasteiger partial charge in [-0.2, -0.15) is 5.10 Å². The zero-order chi connectivity index (χ0) is 17.1. The van der Waals surface area contributed by atoms with Crippen molar-refractivity contribution in [1.82, 2.24) is 5.43 Å². The van der Waals surface area contributed by atoms with E-state index in [0.29, 0.717) is 28.8 Å². The number of thioether (sulfide) groups is 1. The molecule has 1 rings (SSSR count). The van der Waals surface area contributed by atoms with E-state index in [9.17, 15) is 9.59 Å². The smallest absolute Gasteiger partial charge is 0.427 e. The molecule has 0 aliphatic rings. The van der Waals surface area contributed by atoms with Gasteiger partial charge in [-0.05, 0) is 24.6 Å². The van der Waals surface area contributed by atoms with Crippen molar-refractivity contribution in [3.8, 4) is 0 Å². The second-order valence-electron chi connectivity index (χ2n) is 4.32. The van der Waals surface area contributed by atoms with Crippen LogP contribution in [0.2, 0.25) is 5.02 Å². The molecule has 126 valence electrons. The topological polar surface area (TPSA) is 77.0 Å². The fraction of sp³-hybridized carbons (Fsp3) is 0.400. The van der Waals surface area contributed by atoms with E-state index in [-0.39, 0.29) is 12.4 Å². The Labute approximate surface area is 144 Å². The molecule has 0 saturated heterocycles. The van der Waals surface area contributed by atoms with Crippen LogP contribution in [0.15, 0.2) is 29.4 Å². The summed E-state index contributed by atoms with van der Waals surface area (Å²) in [6.07, 6.45) is 0.134. The zero-order valence-electron chi connectivity index (χ0n) is 13.0. The molecule has 23 heavy (non-hydrogen) atoms. The van der Waals surface area contributed by atoms with Gasteiger partial charge in [0.15, 0.2) is 0 Å². The van der Waals surface area contributed by atoms with Gasteiger partial charge in [-0.25, -0.2) is 10.2 Å². The normalized spacial score (nSPS) is 11.0. The predicted octanol–water partition coefficient (Wildman–Crippen LogP) is 3.24. The van der Waals surface area contributed by atoms with Gasteiger partial charge in [-0.3, -0.25) is 4.79 Å². The van der Waals surface area contributed by atoms with Crippen LogP contribution in [0.4, 0.5) is 4.79 Å². The van der Waals surface area contributed by atoms with Crippen molar-refractivity contribution in [2.75, 3.05) is 19.5 Å². The molecule has 0 atom stereocenters. The number of benzene rings is 1. The first-order valence-electron chi connectivity index (χ1n) is 6.98. The van der Waals surface area contributed by atoms with Gasteiger partial charge in [0.2, 0.25) is 0 Å². The molecule has 0 unspecified atom stereocenters. The van der Waals surface area contributed by atoms with E-state index in [1.165, 1.54) is 18.9 Å². The summed E-state index contributed by atoms with van der Waals surface area (Å²) >= 11 is 7.23. The van der Waals surface area contributed by atoms with E-state index in [0.717, 1.165) is 5.56 Å². The summed E-state index contributed by atoms with van der Waals surface area (Å²) in [7, 11) is 1.26. The van der Waals surface area contributed by atoms with Crippen molar-refractivity contribution in [2.24, 2.45) is 5.10 Å². The molecule has 0 bridgehead atoms. The van der Waals surface area contributed by atoms with Gasteiger partial charge >= 0.3 is 12.1 Å². The van der Waals surface area contributed by atoms with Gasteiger partial charge in [0.1, 0.15) is 0 Å². The van der Waals surface area contributed by atoms with Gasteiger partial charge in [-0.1, -0.05) is 23.7 Å². The Balaban J connectivity index is 2.63. The second kappa shape index (κ2) is 10.9. The lowest BCUT2D eigenvalue weighted by molar-refractivity contribution is -0.142. The van der Waals surface area contributed by atoms with Gasteiger partial charge in [0.05, 0.1) is 25.2 Å². The molecule has 0 heterocycles. The van der Waals surface area contributed by atoms with Crippen molar-refractivity contribution < 1.29 is 19.1 Å². The summed E-state index contributed by atoms with van der Waals surface area (Å²) in [5.74, 6) is 0.250. The maximum Gasteiger partial charge on any atom is 0.427 e. The van der Waals surface area contributed by atoms with Crippen molar-refractivity contribution in [1.29, 1.82) is 0 Å². The van der Waals surface area contributed by atoms with E-state index in [1.807, 2.05) is 12.1 Å². The fourth-order valence-corrected chi connectivity index (χ4v) is 2.55. The molecule has 1 N–H and O–H groups in total. The summed E-state index contributed by atoms with van der Waals surface area (Å²) in [6, 6.07) is 7.32. The largest absolute Gasteiger partial charge is 0.466 e. The Morgan fingerprint density at radius 1 is 1.30 bits per heavy atom. The summed E-state index contributed by atoms with van der Waals surface area (Å²) < 4.78 is 9.36. The number of nitrogens with one attached hydrogen (secondary N) is 1. The van der Waals surface area contributed by atoms with Gasteiger partial charge in [-0.15, -0.1) is 11.8 Å². The number of hydrazone groups is 1. The van der Waals surface area contributed by atoms with Crippen LogP contribution in [-0.2, 0) is 20.7 Å². The van der Waals surface area contributed by atoms with Crippen LogP contribution in [0.25, 0.3) is 0 Å². The first-order chi connectivity index (χ1) is 11.0. The lowest BCUT2D eigenvalue weighted by Gasteiger charge is -2.07. The minimum absolute atomic E-state index is 0.258. The summed E-state index contributed by atoms with van der Waals surface area (Å²) in [6.45, 7) is 2.12. The highest BCUT2D eigenvalue weighted by atomic mass is 35.5. The van der Waals surface area contributed by atoms with Gasteiger partial charge in [0, 0.05) is 17.2 Å². The number of hydrogen-bond donors (Lipinski definition) is 1. The molecule has 0 spiro atoms. The third kappa shape index (κ3) is 8.47. The minimum Gasteiger partial charge on any atom is -0.466 e. The highest BCUT2D eigenvalue weighted by Gasteiger charge is 2.08. The number of ether oxygens (including phenoxy) is 2. The summed E-state index contributed by atoms with van der Waals surface area (Å²) in [5.41, 5.74) is 3.28. The molecule has 0 aromatic heterocycles. The Kier molecular flexibility index (Phi) is 9.16. The molecule has 8 heteroatoms. The van der Waals surface area contributed by atoms with Crippen LogP contribution < -0.4 is 5.43 Å². The number of rotatable bonds is 7. The van der Waals surface area contributed by atoms with E-state index < -0.39 is 6.09 Å². The second-order valence-corrected chi connectivity index (χ2v) is 5.92. The van der Waals surface area contributed by atoms with Crippen LogP contribution in [0.1, 0.15) is 18.9 Å². The summed E-state index contributed by atoms with van der Waals surface area (Å²) in [4.78, 5) is 22.5. The average Bonchev–Trinajstić information content (AvgIpc) is 2.54. The molecule has 1 aromatic carbocycles. The number of amides is 1. The van der Waals surface area contributed by atoms with Crippen molar-refractivity contribution in [3.05, 3.63) is 34.9 Å². The molecule has 1 aromatic rings. The quantitative estimate of drug-likeness (QED) is 0.350. The molecular formula is C15H19ClN2O4S. The van der Waals surface area contributed by atoms with E-state index in [4.69, 9.17) is 16.3 Å². The monoisotopic (exact) mass is 358 g/mol. The Hall–Kier alpha value is -1.73. The van der Waals surface area contributed by atoms with E-state index in [2.05, 4.69) is 15.3 Å². The lowest BCUT2D eigenvalue weighted by Crippen LogP contribution is -2.19. The number of carbonyl (C=O) groups excluding carboxylic acids is 2. The van der Waals surface area contributed by atoms with Crippen LogP contribution in [0.3, 0.4) is 0 Å². The molecular weight excluding hydrogens is 340 g/mol. The number of carbonyl (C=O) groups is 2. The maximum absolute atomic E-state index is 11.4. The van der Waals surface area contributed by atoms with Crippen LogP contribution in [0.5, 0.6) is 0 Å². The molecule has 1 amide bonds. The fourth-order valence-electron chi connectivity index (χ4n) is 1.54. The van der Waals surface area contributed by atoms with Gasteiger partial charge in [0.25, 0.3) is 0 Å². The highest BCUT2D eigenvalue weighted by molar-refractivity contribution is 8.13. The number of nitrogens with zero attached hydrogens (tertiary/aromatic N) is 1. The summed E-state index contributed by atoms with van der Waals surface area (Å²) in [5, 5.41) is 5.33. The number of methoxy groups -OCH3 is 1. The third-order valence-electron chi connectivity index (χ3n) is 2.61. The molecule has 6 nitrogen and oxygen atoms in total. The van der Waals surface area contributed by atoms with Gasteiger partial charge < -0.3 is 9.47 Å². The maximum atomic E-state index is 11.4. The molecule has 0 aliphatic carbocycles. The average molecular weight is 359 g/mol. The molecule has 0 aliphatic heterocycles. The van der Waals surface area contributed by atoms with Crippen molar-refractivity contribution in [2.45, 2.75) is 19.8 Å². The van der Waals surface area contributed by atoms with Crippen LogP contribution in [-0.4, -0.2) is 36.6 Å². The Bertz CT molecular complexity index is 549. The highest BCUT2D eigenvalue weighted by Crippen LogP contribution is 2.15. The van der Waals surface area contributed by atoms with E-state index >= 15 is 0 Å². The molecule has 0 radical (unpaired) electrons. The SMILES string of the molecule is CCOC(=O)CCS/C(Cc1ccc(Cl)cc1)=N/NC(=O)OC. The zero-order valence-corrected chi connectivity index (χ0v) is 14.6. The van der Waals surface area contributed by atoms with Crippen LogP contribution >= 0.6 is 23.4 Å². The Morgan fingerprint density at radius 2 is 2.00 bits per heavy atom. The van der Waals surface area contributed by atoms with E-state index in [1.54, 1.807) is 19.1 Å². The first-order valence-corrected chi connectivity index (χ1v) is 8.35. The molecule has 0 fully saturated rings. The number of hydrogen-bond acceptors (Lipinski definition) is 6. The third-order valence-corrected chi connectivity index (χ3v) is 3.84. The van der Waals surface area contributed by atoms with Crippen molar-refractivity contribution >= 4 is 40.5 Å². The lowest BCUT2D eigenvalue weighted by atomic mass is 10.2. The number of esters is 1. The predicted molar refractivity (Wildman–Crippen MR) is 91.8 cm³/mol. The number of halogens is 1. The van der Waals surface area contributed by atoms with Crippen molar-refractivity contribution in [3.63, 3.8) is 0 Å². The van der Waals surface area contributed by atoms with Crippen LogP contribution in [0, 0.1) is 0 Å². The molecule has 0 saturated carbocycles. The minimum atomic E-state index is -0.649. The Morgan fingerprint density at radius 3 is 2.61 bits per heavy atom. The standard InChI is InChI=1S/C15H19ClN2O4S/c1-3-22-14(19)8-9-23-13(17-18-15(20)21-2)10-11-4-6-12(16)7-5-11/h4-7H,3,8-10H2,1-2H3,(H,18,20)/b17-13+. The first kappa shape index (κ1) is 19.3.